The summed E-state index contributed by atoms with van der Waals surface area (Å²) in [6.45, 7) is 18.6. The van der Waals surface area contributed by atoms with Gasteiger partial charge in [0.15, 0.2) is 0 Å². The normalized spacial score (nSPS) is 12.1. The zero-order valence-electron chi connectivity index (χ0n) is 16.6. The van der Waals surface area contributed by atoms with Gasteiger partial charge in [-0.25, -0.2) is 0 Å². The first-order chi connectivity index (χ1) is 11.2. The highest BCUT2D eigenvalue weighted by Crippen LogP contribution is 2.41. The molecule has 2 aromatic carbocycles. The fraction of sp³-hybridized carbons (Fsp3) is 0.478. The molecule has 0 fully saturated rings. The van der Waals surface area contributed by atoms with Gasteiger partial charge in [0, 0.05) is 5.56 Å². The number of aryl methyl sites for hydroxylation is 2. The molecule has 24 heavy (non-hydrogen) atoms. The van der Waals surface area contributed by atoms with E-state index in [-0.39, 0.29) is 0 Å². The topological polar surface area (TPSA) is 0 Å². The zero-order valence-corrected chi connectivity index (χ0v) is 17.6. The van der Waals surface area contributed by atoms with E-state index in [1.54, 1.807) is 0 Å². The molecule has 0 aliphatic carbocycles. The van der Waals surface area contributed by atoms with E-state index in [0.717, 1.165) is 0 Å². The summed E-state index contributed by atoms with van der Waals surface area (Å²) in [5.74, 6) is 3.67. The van der Waals surface area contributed by atoms with Gasteiger partial charge in [-0.05, 0) is 46.8 Å². The average Bonchev–Trinajstić information content (AvgIpc) is 2.48. The maximum atomic E-state index is 3.88. The van der Waals surface area contributed by atoms with E-state index in [0.29, 0.717) is 16.6 Å². The van der Waals surface area contributed by atoms with Crippen LogP contribution in [0, 0.1) is 25.3 Å². The molecule has 1 heteroatoms. The lowest BCUT2D eigenvalue weighted by atomic mass is 9.99. The van der Waals surface area contributed by atoms with E-state index in [1.807, 2.05) is 0 Å². The lowest BCUT2D eigenvalue weighted by molar-refractivity contribution is 0.838. The maximum Gasteiger partial charge on any atom is 0.146 e. The lowest BCUT2D eigenvalue weighted by Gasteiger charge is -2.38. The van der Waals surface area contributed by atoms with Crippen LogP contribution < -0.4 is 0 Å². The standard InChI is InChI=1S/C23H32Si/c1-16(2)24(17(3)4,18(5)6)14-13-22-20(8)10-11-21-15-19(7)9-12-23(21)22/h9-12,15-18H,1-8H3. The van der Waals surface area contributed by atoms with Gasteiger partial charge in [0.05, 0.1) is 0 Å². The Morgan fingerprint density at radius 3 is 1.92 bits per heavy atom. The molecular weight excluding hydrogens is 304 g/mol. The summed E-state index contributed by atoms with van der Waals surface area (Å²) >= 11 is 0. The van der Waals surface area contributed by atoms with Crippen molar-refractivity contribution in [1.29, 1.82) is 0 Å². The van der Waals surface area contributed by atoms with Crippen LogP contribution in [-0.2, 0) is 0 Å². The molecule has 0 amide bonds. The van der Waals surface area contributed by atoms with E-state index >= 15 is 0 Å². The average molecular weight is 337 g/mol. The molecule has 128 valence electrons. The first-order valence-electron chi connectivity index (χ1n) is 9.23. The fourth-order valence-electron chi connectivity index (χ4n) is 4.33. The Morgan fingerprint density at radius 1 is 0.792 bits per heavy atom. The van der Waals surface area contributed by atoms with Crippen LogP contribution in [-0.4, -0.2) is 8.07 Å². The molecule has 0 aliphatic heterocycles. The fourth-order valence-corrected chi connectivity index (χ4v) is 9.54. The van der Waals surface area contributed by atoms with Crippen molar-refractivity contribution in [2.24, 2.45) is 0 Å². The minimum Gasteiger partial charge on any atom is -0.125 e. The number of fused-ring (bicyclic) bond motifs is 1. The Bertz CT molecular complexity index is 763. The molecule has 2 rings (SSSR count). The minimum absolute atomic E-state index is 0.669. The first kappa shape index (κ1) is 18.8. The highest BCUT2D eigenvalue weighted by Gasteiger charge is 2.41. The molecule has 0 aromatic heterocycles. The van der Waals surface area contributed by atoms with Gasteiger partial charge in [-0.2, -0.15) is 0 Å². The van der Waals surface area contributed by atoms with Gasteiger partial charge in [-0.1, -0.05) is 83.4 Å². The van der Waals surface area contributed by atoms with Gasteiger partial charge in [0.1, 0.15) is 8.07 Å². The quantitative estimate of drug-likeness (QED) is 0.417. The molecule has 0 N–H and O–H groups in total. The second kappa shape index (κ2) is 7.15. The van der Waals surface area contributed by atoms with Crippen LogP contribution in [0.25, 0.3) is 10.8 Å². The molecule has 0 radical (unpaired) electrons. The Labute approximate surface area is 149 Å². The highest BCUT2D eigenvalue weighted by molar-refractivity contribution is 6.90. The van der Waals surface area contributed by atoms with Gasteiger partial charge >= 0.3 is 0 Å². The van der Waals surface area contributed by atoms with Crippen LogP contribution in [0.4, 0.5) is 0 Å². The molecule has 0 atom stereocenters. The van der Waals surface area contributed by atoms with E-state index in [4.69, 9.17) is 0 Å². The number of benzene rings is 2. The number of hydrogen-bond acceptors (Lipinski definition) is 0. The van der Waals surface area contributed by atoms with Crippen molar-refractivity contribution in [2.45, 2.75) is 72.0 Å². The van der Waals surface area contributed by atoms with Crippen molar-refractivity contribution in [2.75, 3.05) is 0 Å². The minimum atomic E-state index is -1.69. The maximum absolute atomic E-state index is 3.88. The number of hydrogen-bond donors (Lipinski definition) is 0. The van der Waals surface area contributed by atoms with E-state index in [2.05, 4.69) is 97.2 Å². The van der Waals surface area contributed by atoms with Gasteiger partial charge in [-0.15, -0.1) is 5.54 Å². The van der Waals surface area contributed by atoms with Crippen LogP contribution in [0.3, 0.4) is 0 Å². The monoisotopic (exact) mass is 336 g/mol. The number of rotatable bonds is 3. The second-order valence-corrected chi connectivity index (χ2v) is 13.7. The third-order valence-electron chi connectivity index (χ3n) is 5.65. The Balaban J connectivity index is 2.69. The second-order valence-electron chi connectivity index (χ2n) is 8.13. The Morgan fingerprint density at radius 2 is 1.38 bits per heavy atom. The highest BCUT2D eigenvalue weighted by atomic mass is 28.3. The van der Waals surface area contributed by atoms with Gasteiger partial charge in [0.2, 0.25) is 0 Å². The van der Waals surface area contributed by atoms with E-state index in [9.17, 15) is 0 Å². The molecule has 0 unspecified atom stereocenters. The first-order valence-corrected chi connectivity index (χ1v) is 11.5. The van der Waals surface area contributed by atoms with Crippen LogP contribution in [0.15, 0.2) is 30.3 Å². The molecule has 0 aliphatic rings. The van der Waals surface area contributed by atoms with Crippen LogP contribution in [0.2, 0.25) is 16.6 Å². The van der Waals surface area contributed by atoms with Crippen molar-refractivity contribution < 1.29 is 0 Å². The molecule has 0 heterocycles. The third-order valence-corrected chi connectivity index (χ3v) is 11.9. The molecule has 0 saturated carbocycles. The lowest BCUT2D eigenvalue weighted by Crippen LogP contribution is -2.43. The van der Waals surface area contributed by atoms with Crippen molar-refractivity contribution in [3.05, 3.63) is 47.0 Å². The SMILES string of the molecule is Cc1ccc2c(C#C[Si](C(C)C)(C(C)C)C(C)C)c(C)ccc2c1. The summed E-state index contributed by atoms with van der Waals surface area (Å²) in [5, 5.41) is 2.60. The van der Waals surface area contributed by atoms with Gasteiger partial charge < -0.3 is 0 Å². The van der Waals surface area contributed by atoms with Crippen molar-refractivity contribution in [1.82, 2.24) is 0 Å². The predicted molar refractivity (Wildman–Crippen MR) is 111 cm³/mol. The molecule has 0 nitrogen and oxygen atoms in total. The third kappa shape index (κ3) is 3.31. The van der Waals surface area contributed by atoms with Crippen LogP contribution in [0.1, 0.15) is 58.2 Å². The summed E-state index contributed by atoms with van der Waals surface area (Å²) in [6.07, 6.45) is 0. The van der Waals surface area contributed by atoms with Crippen molar-refractivity contribution in [3.8, 4) is 11.5 Å². The molecule has 2 aromatic rings. The van der Waals surface area contributed by atoms with Crippen molar-refractivity contribution >= 4 is 18.8 Å². The van der Waals surface area contributed by atoms with Crippen LogP contribution >= 0.6 is 0 Å². The molecule has 0 saturated heterocycles. The summed E-state index contributed by atoms with van der Waals surface area (Å²) < 4.78 is 0. The molecule has 0 bridgehead atoms. The largest absolute Gasteiger partial charge is 0.146 e. The summed E-state index contributed by atoms with van der Waals surface area (Å²) in [5.41, 5.74) is 9.72. The summed E-state index contributed by atoms with van der Waals surface area (Å²) in [7, 11) is -1.69. The molecular formula is C23H32Si. The Kier molecular flexibility index (Phi) is 5.61. The predicted octanol–water partition coefficient (Wildman–Crippen LogP) is 7.03. The summed E-state index contributed by atoms with van der Waals surface area (Å²) in [6, 6.07) is 11.1. The van der Waals surface area contributed by atoms with Crippen molar-refractivity contribution in [3.63, 3.8) is 0 Å². The summed E-state index contributed by atoms with van der Waals surface area (Å²) in [4.78, 5) is 0. The smallest absolute Gasteiger partial charge is 0.125 e. The van der Waals surface area contributed by atoms with E-state index < -0.39 is 8.07 Å². The molecule has 0 spiro atoms. The zero-order chi connectivity index (χ0) is 18.1. The van der Waals surface area contributed by atoms with Gasteiger partial charge in [-0.3, -0.25) is 0 Å². The Hall–Kier alpha value is -1.52. The van der Waals surface area contributed by atoms with E-state index in [1.165, 1.54) is 27.5 Å². The van der Waals surface area contributed by atoms with Crippen LogP contribution in [0.5, 0.6) is 0 Å². The van der Waals surface area contributed by atoms with Gasteiger partial charge in [0.25, 0.3) is 0 Å².